The van der Waals surface area contributed by atoms with Gasteiger partial charge < -0.3 is 0 Å². The molecule has 0 rings (SSSR count). The van der Waals surface area contributed by atoms with E-state index in [-0.39, 0.29) is 0 Å². The zero-order valence-electron chi connectivity index (χ0n) is 7.12. The third-order valence-corrected chi connectivity index (χ3v) is 1.48. The Morgan fingerprint density at radius 3 is 2.09 bits per heavy atom. The van der Waals surface area contributed by atoms with Gasteiger partial charge in [0.2, 0.25) is 0 Å². The van der Waals surface area contributed by atoms with Crippen molar-refractivity contribution >= 4 is 0 Å². The van der Waals surface area contributed by atoms with Crippen molar-refractivity contribution in [2.45, 2.75) is 19.6 Å². The van der Waals surface area contributed by atoms with E-state index in [0.29, 0.717) is 19.5 Å². The van der Waals surface area contributed by atoms with Gasteiger partial charge in [0, 0.05) is 13.1 Å². The Morgan fingerprint density at radius 2 is 1.82 bits per heavy atom. The molecular weight excluding hydrogens is 138 g/mol. The van der Waals surface area contributed by atoms with Crippen LogP contribution in [0.5, 0.6) is 0 Å². The fourth-order valence-corrected chi connectivity index (χ4v) is 0.900. The van der Waals surface area contributed by atoms with Crippen molar-refractivity contribution in [1.82, 2.24) is 4.90 Å². The van der Waals surface area contributed by atoms with Gasteiger partial charge in [0.1, 0.15) is 6.23 Å². The van der Waals surface area contributed by atoms with E-state index in [0.717, 1.165) is 0 Å². The largest absolute Gasteiger partial charge is 0.268 e. The average Bonchev–Trinajstić information content (AvgIpc) is 2.03. The summed E-state index contributed by atoms with van der Waals surface area (Å²) >= 11 is 0. The fraction of sp³-hybridized carbons (Fsp3) is 0.556. The summed E-state index contributed by atoms with van der Waals surface area (Å²) < 4.78 is 0. The van der Waals surface area contributed by atoms with E-state index in [1.807, 2.05) is 6.92 Å². The highest BCUT2D eigenvalue weighted by Gasteiger charge is 2.10. The van der Waals surface area contributed by atoms with Crippen LogP contribution in [0.1, 0.15) is 13.3 Å². The summed E-state index contributed by atoms with van der Waals surface area (Å²) in [7, 11) is 0. The lowest BCUT2D eigenvalue weighted by molar-refractivity contribution is -0.0385. The maximum atomic E-state index is 11.2. The lowest BCUT2D eigenvalue weighted by Gasteiger charge is -2.21. The van der Waals surface area contributed by atoms with Gasteiger partial charge in [-0.05, 0) is 6.42 Å². The molecule has 1 unspecified atom stereocenters. The van der Waals surface area contributed by atoms with Crippen molar-refractivity contribution in [2.24, 2.45) is 0 Å². The normalized spacial score (nSPS) is 13.0. The standard InChI is InChI=1S/C9H16NO/c1-4-7-10(8-5-2)9(11)6-3/h4-5,9H,1-2,6-8H2,3H3. The number of nitrogens with zero attached hydrogens (tertiary/aromatic N) is 1. The quantitative estimate of drug-likeness (QED) is 0.423. The lowest BCUT2D eigenvalue weighted by atomic mass is 10.3. The minimum absolute atomic E-state index is 0.619. The summed E-state index contributed by atoms with van der Waals surface area (Å²) in [5, 5.41) is 11.2. The minimum Gasteiger partial charge on any atom is -0.268 e. The number of rotatable bonds is 6. The van der Waals surface area contributed by atoms with Crippen molar-refractivity contribution in [3.05, 3.63) is 25.3 Å². The summed E-state index contributed by atoms with van der Waals surface area (Å²) in [6, 6.07) is 0. The number of hydrogen-bond acceptors (Lipinski definition) is 1. The molecule has 0 heterocycles. The summed E-state index contributed by atoms with van der Waals surface area (Å²) in [4.78, 5) is 1.79. The van der Waals surface area contributed by atoms with Crippen LogP contribution in [0.2, 0.25) is 0 Å². The van der Waals surface area contributed by atoms with Crippen molar-refractivity contribution in [1.29, 1.82) is 0 Å². The van der Waals surface area contributed by atoms with E-state index in [1.165, 1.54) is 0 Å². The van der Waals surface area contributed by atoms with Gasteiger partial charge >= 0.3 is 0 Å². The Balaban J connectivity index is 3.84. The van der Waals surface area contributed by atoms with Gasteiger partial charge in [-0.2, -0.15) is 0 Å². The van der Waals surface area contributed by atoms with Crippen LogP contribution >= 0.6 is 0 Å². The van der Waals surface area contributed by atoms with Crippen molar-refractivity contribution in [3.63, 3.8) is 0 Å². The van der Waals surface area contributed by atoms with E-state index in [9.17, 15) is 5.11 Å². The molecule has 0 aromatic carbocycles. The molecular formula is C9H16NO. The third kappa shape index (κ3) is 3.96. The van der Waals surface area contributed by atoms with E-state index in [1.54, 1.807) is 17.1 Å². The van der Waals surface area contributed by atoms with Crippen LogP contribution in [0.4, 0.5) is 0 Å². The van der Waals surface area contributed by atoms with Gasteiger partial charge in [-0.25, -0.2) is 5.11 Å². The summed E-state index contributed by atoms with van der Waals surface area (Å²) in [6.45, 7) is 10.3. The first-order valence-electron chi connectivity index (χ1n) is 3.87. The van der Waals surface area contributed by atoms with Crippen molar-refractivity contribution < 1.29 is 5.11 Å². The molecule has 0 saturated carbocycles. The maximum Gasteiger partial charge on any atom is 0.146 e. The van der Waals surface area contributed by atoms with Gasteiger partial charge in [-0.15, -0.1) is 13.2 Å². The molecule has 0 saturated heterocycles. The Bertz CT molecular complexity index is 113. The van der Waals surface area contributed by atoms with Crippen LogP contribution in [0.3, 0.4) is 0 Å². The van der Waals surface area contributed by atoms with E-state index < -0.39 is 6.23 Å². The molecule has 0 fully saturated rings. The summed E-state index contributed by atoms with van der Waals surface area (Å²) in [5.41, 5.74) is 0. The maximum absolute atomic E-state index is 11.2. The lowest BCUT2D eigenvalue weighted by Crippen LogP contribution is -2.33. The molecule has 2 heteroatoms. The predicted molar refractivity (Wildman–Crippen MR) is 46.7 cm³/mol. The van der Waals surface area contributed by atoms with Gasteiger partial charge in [0.05, 0.1) is 0 Å². The van der Waals surface area contributed by atoms with Crippen LogP contribution in [0.15, 0.2) is 25.3 Å². The topological polar surface area (TPSA) is 23.1 Å². The zero-order chi connectivity index (χ0) is 8.69. The van der Waals surface area contributed by atoms with E-state index >= 15 is 0 Å². The molecule has 0 bridgehead atoms. The second kappa shape index (κ2) is 6.13. The SMILES string of the molecule is C=CCN(CC=C)C([O])CC. The Kier molecular flexibility index (Phi) is 5.80. The zero-order valence-corrected chi connectivity index (χ0v) is 7.12. The first kappa shape index (κ1) is 10.4. The minimum atomic E-state index is -0.619. The molecule has 0 aliphatic heterocycles. The van der Waals surface area contributed by atoms with Crippen LogP contribution in [0.25, 0.3) is 0 Å². The second-order valence-electron chi connectivity index (χ2n) is 2.39. The highest BCUT2D eigenvalue weighted by atomic mass is 16.3. The van der Waals surface area contributed by atoms with Gasteiger partial charge in [0.15, 0.2) is 0 Å². The van der Waals surface area contributed by atoms with Crippen molar-refractivity contribution in [3.8, 4) is 0 Å². The smallest absolute Gasteiger partial charge is 0.146 e. The van der Waals surface area contributed by atoms with Gasteiger partial charge in [0.25, 0.3) is 0 Å². The first-order chi connectivity index (χ1) is 5.26. The number of hydrogen-bond donors (Lipinski definition) is 0. The third-order valence-electron chi connectivity index (χ3n) is 1.48. The Morgan fingerprint density at radius 1 is 1.36 bits per heavy atom. The Hall–Kier alpha value is -0.600. The van der Waals surface area contributed by atoms with Crippen molar-refractivity contribution in [2.75, 3.05) is 13.1 Å². The van der Waals surface area contributed by atoms with Crippen LogP contribution in [-0.4, -0.2) is 24.2 Å². The molecule has 11 heavy (non-hydrogen) atoms. The van der Waals surface area contributed by atoms with Crippen LogP contribution in [0, 0.1) is 0 Å². The molecule has 1 atom stereocenters. The first-order valence-corrected chi connectivity index (χ1v) is 3.87. The highest BCUT2D eigenvalue weighted by molar-refractivity contribution is 4.80. The molecule has 1 radical (unpaired) electrons. The molecule has 0 spiro atoms. The second-order valence-corrected chi connectivity index (χ2v) is 2.39. The van der Waals surface area contributed by atoms with Gasteiger partial charge in [-0.3, -0.25) is 4.90 Å². The predicted octanol–water partition coefficient (Wildman–Crippen LogP) is 1.83. The monoisotopic (exact) mass is 154 g/mol. The molecule has 2 nitrogen and oxygen atoms in total. The molecule has 63 valence electrons. The van der Waals surface area contributed by atoms with E-state index in [4.69, 9.17) is 0 Å². The molecule has 0 aromatic heterocycles. The molecule has 0 aliphatic rings. The van der Waals surface area contributed by atoms with Crippen LogP contribution < -0.4 is 0 Å². The average molecular weight is 154 g/mol. The summed E-state index contributed by atoms with van der Waals surface area (Å²) in [5.74, 6) is 0. The highest BCUT2D eigenvalue weighted by Crippen LogP contribution is 2.00. The van der Waals surface area contributed by atoms with Gasteiger partial charge in [-0.1, -0.05) is 19.1 Å². The molecule has 0 aliphatic carbocycles. The molecule has 0 N–H and O–H groups in total. The molecule has 0 amide bonds. The summed E-state index contributed by atoms with van der Waals surface area (Å²) in [6.07, 6.45) is 3.49. The fourth-order valence-electron chi connectivity index (χ4n) is 0.900. The van der Waals surface area contributed by atoms with Crippen LogP contribution in [-0.2, 0) is 5.11 Å². The Labute approximate surface area is 68.8 Å². The molecule has 0 aromatic rings. The van der Waals surface area contributed by atoms with E-state index in [2.05, 4.69) is 13.2 Å².